The van der Waals surface area contributed by atoms with Crippen molar-refractivity contribution in [3.63, 3.8) is 0 Å². The first kappa shape index (κ1) is 20.4. The van der Waals surface area contributed by atoms with E-state index in [0.717, 1.165) is 16.7 Å². The fourth-order valence-electron chi connectivity index (χ4n) is 2.95. The summed E-state index contributed by atoms with van der Waals surface area (Å²) < 4.78 is 13.9. The van der Waals surface area contributed by atoms with Crippen LogP contribution < -0.4 is 5.32 Å². The van der Waals surface area contributed by atoms with Crippen LogP contribution in [0.3, 0.4) is 0 Å². The quantitative estimate of drug-likeness (QED) is 0.520. The maximum atomic E-state index is 13.9. The molecule has 3 aromatic rings. The molecule has 0 saturated heterocycles. The van der Waals surface area contributed by atoms with Gasteiger partial charge < -0.3 is 5.32 Å². The number of hydrogen-bond acceptors (Lipinski definition) is 2. The van der Waals surface area contributed by atoms with E-state index < -0.39 is 0 Å². The maximum absolute atomic E-state index is 13.9. The lowest BCUT2D eigenvalue weighted by Gasteiger charge is -2.20. The number of aryl methyl sites for hydroxylation is 1. The van der Waals surface area contributed by atoms with Gasteiger partial charge in [0.1, 0.15) is 5.82 Å². The molecule has 1 N–H and O–H groups in total. The van der Waals surface area contributed by atoms with E-state index >= 15 is 0 Å². The van der Waals surface area contributed by atoms with Gasteiger partial charge in [-0.3, -0.25) is 4.79 Å². The largest absolute Gasteiger partial charge is 0.344 e. The fourth-order valence-corrected chi connectivity index (χ4v) is 3.93. The molecule has 3 aromatic carbocycles. The Hall–Kier alpha value is -2.30. The van der Waals surface area contributed by atoms with Gasteiger partial charge in [-0.05, 0) is 35.7 Å². The predicted octanol–water partition coefficient (Wildman–Crippen LogP) is 5.93. The zero-order valence-electron chi connectivity index (χ0n) is 15.5. The Bertz CT molecular complexity index is 948. The summed E-state index contributed by atoms with van der Waals surface area (Å²) in [5, 5.41) is 3.48. The molecule has 144 valence electrons. The lowest BCUT2D eigenvalue weighted by molar-refractivity contribution is -0.119. The van der Waals surface area contributed by atoms with Crippen molar-refractivity contribution in [1.29, 1.82) is 0 Å². The minimum Gasteiger partial charge on any atom is -0.344 e. The van der Waals surface area contributed by atoms with Gasteiger partial charge in [0.25, 0.3) is 0 Å². The summed E-state index contributed by atoms with van der Waals surface area (Å²) >= 11 is 7.15. The fraction of sp³-hybridized carbons (Fsp3) is 0.174. The van der Waals surface area contributed by atoms with E-state index in [4.69, 9.17) is 11.6 Å². The Morgan fingerprint density at radius 2 is 1.79 bits per heavy atom. The average Bonchev–Trinajstić information content (AvgIpc) is 2.68. The highest BCUT2D eigenvalue weighted by molar-refractivity contribution is 7.99. The van der Waals surface area contributed by atoms with E-state index in [0.29, 0.717) is 16.3 Å². The molecule has 0 aromatic heterocycles. The van der Waals surface area contributed by atoms with Crippen molar-refractivity contribution in [3.05, 3.63) is 106 Å². The van der Waals surface area contributed by atoms with E-state index in [2.05, 4.69) is 11.4 Å². The molecular weight excluding hydrogens is 393 g/mol. The third-order valence-electron chi connectivity index (χ3n) is 4.32. The molecule has 0 aliphatic carbocycles. The highest BCUT2D eigenvalue weighted by Crippen LogP contribution is 2.24. The van der Waals surface area contributed by atoms with Crippen LogP contribution in [0.25, 0.3) is 0 Å². The summed E-state index contributed by atoms with van der Waals surface area (Å²) in [6, 6.07) is 22.4. The second-order valence-electron chi connectivity index (χ2n) is 6.55. The maximum Gasteiger partial charge on any atom is 0.230 e. The molecule has 5 heteroatoms. The molecule has 2 nitrogen and oxygen atoms in total. The summed E-state index contributed by atoms with van der Waals surface area (Å²) in [5.41, 5.74) is 3.74. The second kappa shape index (κ2) is 9.76. The van der Waals surface area contributed by atoms with Gasteiger partial charge in [-0.15, -0.1) is 11.8 Å². The van der Waals surface area contributed by atoms with Crippen molar-refractivity contribution < 1.29 is 9.18 Å². The number of carbonyl (C=O) groups excluding carboxylic acids is 1. The number of benzene rings is 3. The lowest BCUT2D eigenvalue weighted by atomic mass is 9.97. The molecule has 0 bridgehead atoms. The highest BCUT2D eigenvalue weighted by Gasteiger charge is 2.17. The number of carbonyl (C=O) groups is 1. The van der Waals surface area contributed by atoms with Crippen LogP contribution in [0.2, 0.25) is 5.02 Å². The molecule has 0 aliphatic heterocycles. The number of amides is 1. The van der Waals surface area contributed by atoms with Crippen LogP contribution in [-0.4, -0.2) is 11.7 Å². The minimum atomic E-state index is -0.345. The van der Waals surface area contributed by atoms with E-state index in [1.54, 1.807) is 12.1 Å². The van der Waals surface area contributed by atoms with Crippen LogP contribution >= 0.6 is 23.4 Å². The Kier molecular flexibility index (Phi) is 7.12. The van der Waals surface area contributed by atoms with Crippen LogP contribution in [0.5, 0.6) is 0 Å². The number of hydrogen-bond donors (Lipinski definition) is 1. The molecule has 1 amide bonds. The molecule has 3 rings (SSSR count). The number of rotatable bonds is 7. The van der Waals surface area contributed by atoms with E-state index in [1.807, 2.05) is 55.5 Å². The molecule has 0 aliphatic rings. The molecule has 0 heterocycles. The van der Waals surface area contributed by atoms with E-state index in [9.17, 15) is 9.18 Å². The summed E-state index contributed by atoms with van der Waals surface area (Å²) in [6.45, 7) is 2.03. The zero-order chi connectivity index (χ0) is 19.9. The average molecular weight is 414 g/mol. The molecule has 0 saturated carbocycles. The third-order valence-corrected chi connectivity index (χ3v) is 5.54. The number of nitrogens with one attached hydrogen (secondary N) is 1. The highest BCUT2D eigenvalue weighted by atomic mass is 35.5. The normalized spacial score (nSPS) is 11.8. The number of thioether (sulfide) groups is 1. The van der Waals surface area contributed by atoms with Crippen molar-refractivity contribution in [1.82, 2.24) is 5.32 Å². The van der Waals surface area contributed by atoms with Gasteiger partial charge in [0, 0.05) is 10.8 Å². The van der Waals surface area contributed by atoms with Crippen molar-refractivity contribution >= 4 is 29.3 Å². The van der Waals surface area contributed by atoms with Gasteiger partial charge in [-0.25, -0.2) is 4.39 Å². The monoisotopic (exact) mass is 413 g/mol. The van der Waals surface area contributed by atoms with Crippen molar-refractivity contribution in [3.8, 4) is 0 Å². The van der Waals surface area contributed by atoms with Crippen LogP contribution in [0.1, 0.15) is 28.3 Å². The number of halogens is 2. The molecule has 0 radical (unpaired) electrons. The topological polar surface area (TPSA) is 29.1 Å². The first-order valence-corrected chi connectivity index (χ1v) is 10.5. The molecule has 1 unspecified atom stereocenters. The Labute approximate surface area is 174 Å². The summed E-state index contributed by atoms with van der Waals surface area (Å²) in [6.07, 6.45) is 0. The first-order chi connectivity index (χ1) is 13.5. The van der Waals surface area contributed by atoms with Crippen molar-refractivity contribution in [2.45, 2.75) is 18.7 Å². The van der Waals surface area contributed by atoms with Gasteiger partial charge in [-0.2, -0.15) is 0 Å². The van der Waals surface area contributed by atoms with Crippen molar-refractivity contribution in [2.24, 2.45) is 0 Å². The minimum absolute atomic E-state index is 0.0882. The molecular formula is C23H21ClFNOS. The first-order valence-electron chi connectivity index (χ1n) is 8.95. The summed E-state index contributed by atoms with van der Waals surface area (Å²) in [7, 11) is 0. The zero-order valence-corrected chi connectivity index (χ0v) is 17.1. The van der Waals surface area contributed by atoms with E-state index in [1.165, 1.54) is 17.8 Å². The molecule has 1 atom stereocenters. The molecule has 0 fully saturated rings. The van der Waals surface area contributed by atoms with Crippen LogP contribution in [0.4, 0.5) is 4.39 Å². The lowest BCUT2D eigenvalue weighted by Crippen LogP contribution is -2.30. The van der Waals surface area contributed by atoms with Crippen LogP contribution in [0.15, 0.2) is 72.8 Å². The Morgan fingerprint density at radius 1 is 1.04 bits per heavy atom. The SMILES string of the molecule is Cc1cccc(C(NC(=O)CSCc2ccc(Cl)cc2F)c2ccccc2)c1. The van der Waals surface area contributed by atoms with Crippen LogP contribution in [0, 0.1) is 12.7 Å². The Morgan fingerprint density at radius 3 is 2.50 bits per heavy atom. The smallest absolute Gasteiger partial charge is 0.230 e. The summed E-state index contributed by atoms with van der Waals surface area (Å²) in [5.74, 6) is 0.228. The molecule has 0 spiro atoms. The molecule has 28 heavy (non-hydrogen) atoms. The van der Waals surface area contributed by atoms with Gasteiger partial charge in [0.05, 0.1) is 11.8 Å². The Balaban J connectivity index is 1.66. The van der Waals surface area contributed by atoms with Gasteiger partial charge in [0.2, 0.25) is 5.91 Å². The van der Waals surface area contributed by atoms with Gasteiger partial charge in [-0.1, -0.05) is 77.8 Å². The van der Waals surface area contributed by atoms with Gasteiger partial charge >= 0.3 is 0 Å². The van der Waals surface area contributed by atoms with Crippen molar-refractivity contribution in [2.75, 3.05) is 5.75 Å². The van der Waals surface area contributed by atoms with Crippen LogP contribution in [-0.2, 0) is 10.5 Å². The van der Waals surface area contributed by atoms with E-state index in [-0.39, 0.29) is 23.5 Å². The van der Waals surface area contributed by atoms with Gasteiger partial charge in [0.15, 0.2) is 0 Å². The standard InChI is InChI=1S/C23H21ClFNOS/c1-16-6-5-9-18(12-16)23(17-7-3-2-4-8-17)26-22(27)15-28-14-19-10-11-20(24)13-21(19)25/h2-13,23H,14-15H2,1H3,(H,26,27). The summed E-state index contributed by atoms with van der Waals surface area (Å²) in [4.78, 5) is 12.6. The third kappa shape index (κ3) is 5.60. The second-order valence-corrected chi connectivity index (χ2v) is 7.98. The predicted molar refractivity (Wildman–Crippen MR) is 115 cm³/mol.